The van der Waals surface area contributed by atoms with Crippen LogP contribution in [0.5, 0.6) is 0 Å². The van der Waals surface area contributed by atoms with E-state index in [0.29, 0.717) is 21.3 Å². The minimum absolute atomic E-state index is 0.187. The van der Waals surface area contributed by atoms with Crippen LogP contribution in [-0.2, 0) is 15.0 Å². The molecule has 0 aliphatic carbocycles. The standard InChI is InChI=1S/C28H20Cl2N2O3/c1-15(33)25-24(26(34)16-6-9-18(29)10-7-16)28(20-4-2-3-5-21(20)31-27(28)35)23-13-8-17-14-19(30)11-12-22(17)32(23)25/h2-14,23-25H,1H3,(H,31,35)/t23-,24+,25+,28-/m1/s1. The van der Waals surface area contributed by atoms with Crippen LogP contribution in [0.25, 0.3) is 6.08 Å². The molecule has 5 nitrogen and oxygen atoms in total. The first-order valence-corrected chi connectivity index (χ1v) is 12.1. The van der Waals surface area contributed by atoms with Gasteiger partial charge in [0.25, 0.3) is 0 Å². The normalized spacial score (nSPS) is 25.7. The van der Waals surface area contributed by atoms with Gasteiger partial charge in [-0.25, -0.2) is 0 Å². The summed E-state index contributed by atoms with van der Waals surface area (Å²) in [6, 6.07) is 18.0. The van der Waals surface area contributed by atoms with Crippen LogP contribution in [0, 0.1) is 5.92 Å². The Morgan fingerprint density at radius 3 is 2.43 bits per heavy atom. The van der Waals surface area contributed by atoms with Gasteiger partial charge in [-0.2, -0.15) is 0 Å². The Bertz CT molecular complexity index is 1450. The number of para-hydroxylation sites is 1. The van der Waals surface area contributed by atoms with Crippen molar-refractivity contribution in [1.29, 1.82) is 0 Å². The predicted molar refractivity (Wildman–Crippen MR) is 137 cm³/mol. The smallest absolute Gasteiger partial charge is 0.238 e. The van der Waals surface area contributed by atoms with Gasteiger partial charge in [0.05, 0.1) is 18.0 Å². The van der Waals surface area contributed by atoms with Gasteiger partial charge in [-0.3, -0.25) is 14.4 Å². The Balaban J connectivity index is 1.65. The van der Waals surface area contributed by atoms with E-state index in [2.05, 4.69) is 5.32 Å². The molecule has 35 heavy (non-hydrogen) atoms. The van der Waals surface area contributed by atoms with Gasteiger partial charge in [0.2, 0.25) is 5.91 Å². The van der Waals surface area contributed by atoms with E-state index in [0.717, 1.165) is 16.8 Å². The maximum Gasteiger partial charge on any atom is 0.238 e. The highest BCUT2D eigenvalue weighted by atomic mass is 35.5. The third kappa shape index (κ3) is 2.98. The minimum Gasteiger partial charge on any atom is -0.352 e. The fourth-order valence-corrected chi connectivity index (χ4v) is 6.40. The van der Waals surface area contributed by atoms with Crippen LogP contribution < -0.4 is 10.2 Å². The van der Waals surface area contributed by atoms with E-state index in [4.69, 9.17) is 23.2 Å². The number of ketones is 2. The summed E-state index contributed by atoms with van der Waals surface area (Å²) < 4.78 is 0. The molecule has 0 aromatic heterocycles. The summed E-state index contributed by atoms with van der Waals surface area (Å²) in [6.07, 6.45) is 3.84. The number of halogens is 2. The number of hydrogen-bond donors (Lipinski definition) is 1. The molecule has 0 bridgehead atoms. The van der Waals surface area contributed by atoms with Crippen molar-refractivity contribution in [2.24, 2.45) is 5.92 Å². The van der Waals surface area contributed by atoms with E-state index >= 15 is 0 Å². The van der Waals surface area contributed by atoms with Gasteiger partial charge in [-0.1, -0.05) is 53.6 Å². The summed E-state index contributed by atoms with van der Waals surface area (Å²) in [7, 11) is 0. The maximum atomic E-state index is 14.3. The van der Waals surface area contributed by atoms with Crippen LogP contribution in [0.3, 0.4) is 0 Å². The fourth-order valence-electron chi connectivity index (χ4n) is 6.10. The van der Waals surface area contributed by atoms with Crippen molar-refractivity contribution >= 4 is 58.1 Å². The van der Waals surface area contributed by atoms with Crippen molar-refractivity contribution in [3.05, 3.63) is 99.5 Å². The summed E-state index contributed by atoms with van der Waals surface area (Å²) in [4.78, 5) is 43.5. The van der Waals surface area contributed by atoms with Crippen molar-refractivity contribution in [3.8, 4) is 0 Å². The molecule has 3 heterocycles. The minimum atomic E-state index is -1.29. The molecule has 0 radical (unpaired) electrons. The number of benzene rings is 3. The summed E-state index contributed by atoms with van der Waals surface area (Å²) in [5.41, 5.74) is 2.09. The molecule has 1 spiro atoms. The zero-order valence-electron chi connectivity index (χ0n) is 18.7. The zero-order valence-corrected chi connectivity index (χ0v) is 20.2. The molecule has 6 rings (SSSR count). The zero-order chi connectivity index (χ0) is 24.5. The molecule has 3 aromatic carbocycles. The van der Waals surface area contributed by atoms with Gasteiger partial charge >= 0.3 is 0 Å². The monoisotopic (exact) mass is 502 g/mol. The lowest BCUT2D eigenvalue weighted by atomic mass is 9.64. The Kier molecular flexibility index (Phi) is 4.92. The third-order valence-corrected chi connectivity index (χ3v) is 7.91. The average Bonchev–Trinajstić information content (AvgIpc) is 3.32. The van der Waals surface area contributed by atoms with Gasteiger partial charge in [-0.05, 0) is 66.6 Å². The van der Waals surface area contributed by atoms with Crippen LogP contribution in [0.4, 0.5) is 11.4 Å². The van der Waals surface area contributed by atoms with Crippen molar-refractivity contribution < 1.29 is 14.4 Å². The van der Waals surface area contributed by atoms with Crippen molar-refractivity contribution in [1.82, 2.24) is 0 Å². The molecular weight excluding hydrogens is 483 g/mol. The number of carbonyl (C=O) groups is 3. The quantitative estimate of drug-likeness (QED) is 0.476. The summed E-state index contributed by atoms with van der Waals surface area (Å²) in [5.74, 6) is -1.70. The predicted octanol–water partition coefficient (Wildman–Crippen LogP) is 5.56. The topological polar surface area (TPSA) is 66.5 Å². The number of Topliss-reactive ketones (excluding diaryl/α,β-unsaturated/α-hetero) is 2. The molecule has 0 unspecified atom stereocenters. The van der Waals surface area contributed by atoms with Gasteiger partial charge in [-0.15, -0.1) is 0 Å². The molecule has 1 fully saturated rings. The number of rotatable bonds is 3. The largest absolute Gasteiger partial charge is 0.352 e. The summed E-state index contributed by atoms with van der Waals surface area (Å²) >= 11 is 12.3. The highest BCUT2D eigenvalue weighted by Crippen LogP contribution is 2.57. The molecule has 7 heteroatoms. The van der Waals surface area contributed by atoms with Crippen LogP contribution >= 0.6 is 23.2 Å². The second-order valence-corrected chi connectivity index (χ2v) is 10.1. The number of fused-ring (bicyclic) bond motifs is 6. The highest BCUT2D eigenvalue weighted by Gasteiger charge is 2.69. The molecule has 3 aliphatic heterocycles. The first-order chi connectivity index (χ1) is 16.8. The molecule has 3 aromatic rings. The van der Waals surface area contributed by atoms with Crippen LogP contribution in [0.2, 0.25) is 10.0 Å². The molecule has 1 N–H and O–H groups in total. The number of nitrogens with zero attached hydrogens (tertiary/aromatic N) is 1. The number of nitrogens with one attached hydrogen (secondary N) is 1. The number of amides is 1. The number of carbonyl (C=O) groups excluding carboxylic acids is 3. The summed E-state index contributed by atoms with van der Waals surface area (Å²) in [5, 5.41) is 4.06. The van der Waals surface area contributed by atoms with E-state index in [1.165, 1.54) is 6.92 Å². The van der Waals surface area contributed by atoms with Crippen LogP contribution in [-0.4, -0.2) is 29.6 Å². The lowest BCUT2D eigenvalue weighted by Gasteiger charge is -2.37. The van der Waals surface area contributed by atoms with E-state index in [1.807, 2.05) is 53.5 Å². The third-order valence-electron chi connectivity index (χ3n) is 7.42. The van der Waals surface area contributed by atoms with E-state index in [9.17, 15) is 14.4 Å². The van der Waals surface area contributed by atoms with Crippen molar-refractivity contribution in [3.63, 3.8) is 0 Å². The van der Waals surface area contributed by atoms with E-state index < -0.39 is 23.4 Å². The lowest BCUT2D eigenvalue weighted by Crippen LogP contribution is -2.51. The van der Waals surface area contributed by atoms with Crippen LogP contribution in [0.1, 0.15) is 28.4 Å². The van der Waals surface area contributed by atoms with Crippen LogP contribution in [0.15, 0.2) is 72.8 Å². The Hall–Kier alpha value is -3.41. The summed E-state index contributed by atoms with van der Waals surface area (Å²) in [6.45, 7) is 1.48. The maximum absolute atomic E-state index is 14.3. The second-order valence-electron chi connectivity index (χ2n) is 9.19. The van der Waals surface area contributed by atoms with Gasteiger partial charge in [0.1, 0.15) is 5.41 Å². The SMILES string of the molecule is CC(=O)[C@H]1[C@@H](C(=O)c2ccc(Cl)cc2)[C@]2(C(=O)Nc3ccccc32)[C@H]2C=Cc3cc(Cl)ccc3N12. The van der Waals surface area contributed by atoms with Gasteiger partial charge < -0.3 is 10.2 Å². The molecule has 3 aliphatic rings. The molecule has 1 saturated heterocycles. The Morgan fingerprint density at radius 1 is 0.971 bits per heavy atom. The Labute approximate surface area is 212 Å². The lowest BCUT2D eigenvalue weighted by molar-refractivity contribution is -0.122. The first-order valence-electron chi connectivity index (χ1n) is 11.3. The fraction of sp³-hybridized carbons (Fsp3) is 0.179. The molecular formula is C28H20Cl2N2O3. The van der Waals surface area contributed by atoms with E-state index in [1.54, 1.807) is 30.3 Å². The molecule has 4 atom stereocenters. The highest BCUT2D eigenvalue weighted by molar-refractivity contribution is 6.31. The van der Waals surface area contributed by atoms with Gasteiger partial charge in [0.15, 0.2) is 11.6 Å². The molecule has 1 amide bonds. The Morgan fingerprint density at radius 2 is 1.69 bits per heavy atom. The average molecular weight is 503 g/mol. The second kappa shape index (κ2) is 7.80. The van der Waals surface area contributed by atoms with E-state index in [-0.39, 0.29) is 17.5 Å². The van der Waals surface area contributed by atoms with Gasteiger partial charge in [0, 0.05) is 27.0 Å². The number of hydrogen-bond acceptors (Lipinski definition) is 4. The van der Waals surface area contributed by atoms with Crippen molar-refractivity contribution in [2.75, 3.05) is 10.2 Å². The number of anilines is 2. The van der Waals surface area contributed by atoms with Crippen molar-refractivity contribution in [2.45, 2.75) is 24.4 Å². The molecule has 174 valence electrons. The molecule has 0 saturated carbocycles. The first kappa shape index (κ1) is 22.1.